The van der Waals surface area contributed by atoms with Gasteiger partial charge in [0.05, 0.1) is 11.0 Å². The summed E-state index contributed by atoms with van der Waals surface area (Å²) in [6.07, 6.45) is 0. The molecule has 1 aliphatic carbocycles. The molecule has 0 aliphatic heterocycles. The van der Waals surface area contributed by atoms with Crippen molar-refractivity contribution in [2.45, 2.75) is 0 Å². The second-order valence-electron chi connectivity index (χ2n) is 9.73. The van der Waals surface area contributed by atoms with Crippen LogP contribution in [0.4, 0.5) is 0 Å². The third kappa shape index (κ3) is 2.26. The lowest BCUT2D eigenvalue weighted by Crippen LogP contribution is -1.94. The standard InChI is InChI=1S/C34H19NS/c1-2-9-22-21(8-1)25-12-7-13-26-33(25)28(22)19-29-23-10-3-5-14-30(23)35(34(26)29)20-16-17-32-27(18-20)24-11-4-6-15-31(24)36-32/h1-19H. The number of para-hydroxylation sites is 1. The van der Waals surface area contributed by atoms with Gasteiger partial charge in [-0.15, -0.1) is 11.3 Å². The van der Waals surface area contributed by atoms with E-state index in [-0.39, 0.29) is 0 Å². The Morgan fingerprint density at radius 1 is 0.444 bits per heavy atom. The quantitative estimate of drug-likeness (QED) is 0.223. The lowest BCUT2D eigenvalue weighted by atomic mass is 9.99. The molecule has 0 bridgehead atoms. The van der Waals surface area contributed by atoms with Gasteiger partial charge in [-0.25, -0.2) is 0 Å². The van der Waals surface area contributed by atoms with Crippen molar-refractivity contribution in [3.8, 4) is 27.9 Å². The first-order valence-corrected chi connectivity index (χ1v) is 13.2. The minimum Gasteiger partial charge on any atom is -0.309 e. The van der Waals surface area contributed by atoms with Crippen LogP contribution in [0.2, 0.25) is 0 Å². The maximum absolute atomic E-state index is 2.49. The van der Waals surface area contributed by atoms with Crippen LogP contribution in [-0.2, 0) is 0 Å². The van der Waals surface area contributed by atoms with Crippen molar-refractivity contribution in [1.82, 2.24) is 4.57 Å². The molecule has 9 rings (SSSR count). The van der Waals surface area contributed by atoms with Gasteiger partial charge in [-0.3, -0.25) is 0 Å². The number of nitrogens with zero attached hydrogens (tertiary/aromatic N) is 1. The number of thiophene rings is 1. The zero-order valence-corrected chi connectivity index (χ0v) is 20.1. The van der Waals surface area contributed by atoms with Crippen LogP contribution in [0.1, 0.15) is 0 Å². The van der Waals surface area contributed by atoms with Crippen molar-refractivity contribution in [3.63, 3.8) is 0 Å². The smallest absolute Gasteiger partial charge is 0.0620 e. The van der Waals surface area contributed by atoms with Crippen molar-refractivity contribution in [2.24, 2.45) is 0 Å². The predicted octanol–water partition coefficient (Wildman–Crippen LogP) is 9.95. The van der Waals surface area contributed by atoms with Gasteiger partial charge in [-0.2, -0.15) is 0 Å². The molecule has 2 heteroatoms. The maximum atomic E-state index is 2.49. The Morgan fingerprint density at radius 2 is 1.14 bits per heavy atom. The highest BCUT2D eigenvalue weighted by Gasteiger charge is 2.25. The molecule has 6 aromatic carbocycles. The van der Waals surface area contributed by atoms with Crippen LogP contribution >= 0.6 is 11.3 Å². The van der Waals surface area contributed by atoms with E-state index >= 15 is 0 Å². The molecule has 1 nitrogen and oxygen atoms in total. The second-order valence-corrected chi connectivity index (χ2v) is 10.8. The molecule has 0 fully saturated rings. The molecule has 0 radical (unpaired) electrons. The van der Waals surface area contributed by atoms with Gasteiger partial charge < -0.3 is 4.57 Å². The van der Waals surface area contributed by atoms with E-state index in [1.807, 2.05) is 11.3 Å². The zero-order valence-electron chi connectivity index (χ0n) is 19.3. The fourth-order valence-corrected chi connectivity index (χ4v) is 7.53. The molecule has 0 amide bonds. The van der Waals surface area contributed by atoms with E-state index in [0.717, 1.165) is 0 Å². The van der Waals surface area contributed by atoms with Gasteiger partial charge in [-0.05, 0) is 64.0 Å². The Kier molecular flexibility index (Phi) is 3.47. The third-order valence-corrected chi connectivity index (χ3v) is 9.07. The molecule has 0 spiro atoms. The van der Waals surface area contributed by atoms with Crippen molar-refractivity contribution in [1.29, 1.82) is 0 Å². The van der Waals surface area contributed by atoms with Gasteiger partial charge in [0.15, 0.2) is 0 Å². The van der Waals surface area contributed by atoms with Crippen LogP contribution in [0.15, 0.2) is 115 Å². The van der Waals surface area contributed by atoms with Gasteiger partial charge in [0.1, 0.15) is 0 Å². The minimum atomic E-state index is 1.22. The van der Waals surface area contributed by atoms with Crippen LogP contribution in [0, 0.1) is 0 Å². The van der Waals surface area contributed by atoms with E-state index in [0.29, 0.717) is 0 Å². The van der Waals surface area contributed by atoms with Gasteiger partial charge in [0, 0.05) is 42.0 Å². The first-order chi connectivity index (χ1) is 17.9. The number of aromatic nitrogens is 1. The number of rotatable bonds is 1. The summed E-state index contributed by atoms with van der Waals surface area (Å²) >= 11 is 1.87. The highest BCUT2D eigenvalue weighted by molar-refractivity contribution is 7.25. The number of hydrogen-bond acceptors (Lipinski definition) is 1. The van der Waals surface area contributed by atoms with E-state index in [4.69, 9.17) is 0 Å². The van der Waals surface area contributed by atoms with Crippen molar-refractivity contribution < 1.29 is 0 Å². The molecule has 1 aliphatic rings. The SMILES string of the molecule is c1ccc2c(c1)-c1cccc3c1c-2cc1c2ccccc2n(-c2ccc4sc5ccccc5c4c2)c31. The number of fused-ring (bicyclic) bond motifs is 10. The minimum absolute atomic E-state index is 1.22. The average Bonchev–Trinajstić information content (AvgIpc) is 3.58. The number of hydrogen-bond donors (Lipinski definition) is 0. The summed E-state index contributed by atoms with van der Waals surface area (Å²) in [5.74, 6) is 0. The Labute approximate surface area is 211 Å². The Hall–Kier alpha value is -4.40. The zero-order chi connectivity index (χ0) is 23.4. The van der Waals surface area contributed by atoms with E-state index in [9.17, 15) is 0 Å². The molecular weight excluding hydrogens is 454 g/mol. The molecule has 166 valence electrons. The second kappa shape index (κ2) is 6.63. The van der Waals surface area contributed by atoms with Crippen LogP contribution in [0.3, 0.4) is 0 Å². The summed E-state index contributed by atoms with van der Waals surface area (Å²) in [7, 11) is 0. The monoisotopic (exact) mass is 473 g/mol. The molecule has 2 aromatic heterocycles. The van der Waals surface area contributed by atoms with Crippen molar-refractivity contribution in [3.05, 3.63) is 115 Å². The van der Waals surface area contributed by atoms with E-state index < -0.39 is 0 Å². The van der Waals surface area contributed by atoms with Crippen LogP contribution in [0.5, 0.6) is 0 Å². The van der Waals surface area contributed by atoms with Crippen molar-refractivity contribution in [2.75, 3.05) is 0 Å². The van der Waals surface area contributed by atoms with Gasteiger partial charge >= 0.3 is 0 Å². The summed E-state index contributed by atoms with van der Waals surface area (Å²) in [6, 6.07) is 42.7. The van der Waals surface area contributed by atoms with E-state index in [2.05, 4.69) is 120 Å². The first-order valence-electron chi connectivity index (χ1n) is 12.4. The topological polar surface area (TPSA) is 4.93 Å². The van der Waals surface area contributed by atoms with Gasteiger partial charge in [0.25, 0.3) is 0 Å². The summed E-state index contributed by atoms with van der Waals surface area (Å²) in [4.78, 5) is 0. The molecule has 0 saturated carbocycles. The van der Waals surface area contributed by atoms with Crippen LogP contribution < -0.4 is 0 Å². The number of benzene rings is 6. The molecule has 0 saturated heterocycles. The molecule has 36 heavy (non-hydrogen) atoms. The summed E-state index contributed by atoms with van der Waals surface area (Å²) < 4.78 is 5.17. The fourth-order valence-electron chi connectivity index (χ4n) is 6.44. The largest absolute Gasteiger partial charge is 0.309 e. The maximum Gasteiger partial charge on any atom is 0.0620 e. The Bertz CT molecular complexity index is 2210. The molecule has 0 unspecified atom stereocenters. The van der Waals surface area contributed by atoms with Gasteiger partial charge in [-0.1, -0.05) is 78.9 Å². The Balaban J connectivity index is 1.48. The highest BCUT2D eigenvalue weighted by Crippen LogP contribution is 2.51. The van der Waals surface area contributed by atoms with E-state index in [1.54, 1.807) is 0 Å². The molecule has 8 aromatic rings. The lowest BCUT2D eigenvalue weighted by Gasteiger charge is -2.11. The Morgan fingerprint density at radius 3 is 2.06 bits per heavy atom. The fraction of sp³-hybridized carbons (Fsp3) is 0. The summed E-state index contributed by atoms with van der Waals surface area (Å²) in [5, 5.41) is 7.98. The summed E-state index contributed by atoms with van der Waals surface area (Å²) in [5.41, 5.74) is 9.14. The molecule has 2 heterocycles. The van der Waals surface area contributed by atoms with Gasteiger partial charge in [0.2, 0.25) is 0 Å². The molecular formula is C34H19NS. The molecule has 0 N–H and O–H groups in total. The predicted molar refractivity (Wildman–Crippen MR) is 156 cm³/mol. The lowest BCUT2D eigenvalue weighted by molar-refractivity contribution is 1.19. The summed E-state index contributed by atoms with van der Waals surface area (Å²) in [6.45, 7) is 0. The third-order valence-electron chi connectivity index (χ3n) is 7.92. The van der Waals surface area contributed by atoms with Crippen LogP contribution in [0.25, 0.3) is 80.7 Å². The first kappa shape index (κ1) is 18.9. The highest BCUT2D eigenvalue weighted by atomic mass is 32.1. The molecule has 0 atom stereocenters. The van der Waals surface area contributed by atoms with Crippen LogP contribution in [-0.4, -0.2) is 4.57 Å². The average molecular weight is 474 g/mol. The van der Waals surface area contributed by atoms with Crippen molar-refractivity contribution >= 4 is 64.1 Å². The van der Waals surface area contributed by atoms with E-state index in [1.165, 1.54) is 80.7 Å². The normalized spacial score (nSPS) is 12.4.